The second-order valence-electron chi connectivity index (χ2n) is 8.85. The number of aryl methyl sites for hydroxylation is 1. The Bertz CT molecular complexity index is 480. The van der Waals surface area contributed by atoms with E-state index in [0.29, 0.717) is 0 Å². The van der Waals surface area contributed by atoms with Crippen molar-refractivity contribution in [1.29, 1.82) is 0 Å². The van der Waals surface area contributed by atoms with Crippen LogP contribution in [0.2, 0.25) is 13.3 Å². The zero-order valence-corrected chi connectivity index (χ0v) is 20.9. The van der Waals surface area contributed by atoms with Crippen molar-refractivity contribution in [3.05, 3.63) is 29.3 Å². The molecule has 0 aliphatic carbocycles. The summed E-state index contributed by atoms with van der Waals surface area (Å²) in [6.45, 7) is 16.1. The third-order valence-electron chi connectivity index (χ3n) is 5.23. The van der Waals surface area contributed by atoms with Gasteiger partial charge < -0.3 is 0 Å². The Balaban J connectivity index is 3.21. The molecule has 0 bridgehead atoms. The fourth-order valence-corrected chi connectivity index (χ4v) is 17.0. The van der Waals surface area contributed by atoms with Crippen molar-refractivity contribution in [1.82, 2.24) is 0 Å². The quantitative estimate of drug-likeness (QED) is 0.308. The molecule has 0 spiro atoms. The van der Waals surface area contributed by atoms with Crippen molar-refractivity contribution in [3.8, 4) is 5.75 Å². The van der Waals surface area contributed by atoms with E-state index in [1.54, 1.807) is 0 Å². The van der Waals surface area contributed by atoms with Crippen LogP contribution in [0.1, 0.15) is 91.2 Å². The summed E-state index contributed by atoms with van der Waals surface area (Å²) in [6.07, 6.45) is 7.92. The molecule has 0 heterocycles. The molecule has 0 aliphatic rings. The van der Waals surface area contributed by atoms with Crippen LogP contribution in [0, 0.1) is 6.92 Å². The van der Waals surface area contributed by atoms with Gasteiger partial charge in [-0.3, -0.25) is 0 Å². The summed E-state index contributed by atoms with van der Waals surface area (Å²) in [6, 6.07) is 6.86. The van der Waals surface area contributed by atoms with E-state index in [1.165, 1.54) is 68.7 Å². The molecule has 0 unspecified atom stereocenters. The molecular formula is C23H42OSn. The summed E-state index contributed by atoms with van der Waals surface area (Å²) in [7, 11) is 0. The van der Waals surface area contributed by atoms with Crippen molar-refractivity contribution in [2.45, 2.75) is 106 Å². The van der Waals surface area contributed by atoms with E-state index in [-0.39, 0.29) is 5.41 Å². The average molecular weight is 453 g/mol. The van der Waals surface area contributed by atoms with E-state index < -0.39 is 18.8 Å². The van der Waals surface area contributed by atoms with Gasteiger partial charge in [0.1, 0.15) is 0 Å². The molecule has 0 radical (unpaired) electrons. The minimum absolute atomic E-state index is 0.138. The van der Waals surface area contributed by atoms with Gasteiger partial charge >= 0.3 is 163 Å². The van der Waals surface area contributed by atoms with Crippen LogP contribution in [0.3, 0.4) is 0 Å². The van der Waals surface area contributed by atoms with Crippen LogP contribution in [0.5, 0.6) is 5.75 Å². The minimum atomic E-state index is -2.62. The van der Waals surface area contributed by atoms with Gasteiger partial charge in [-0.05, 0) is 0 Å². The van der Waals surface area contributed by atoms with E-state index in [2.05, 4.69) is 66.7 Å². The third-order valence-corrected chi connectivity index (χ3v) is 17.9. The SMILES string of the molecule is CCC[CH2][Sn]([CH2]CCC)([CH2]CCC)[O]c1ccc(C)cc1C(C)(C)C. The molecule has 0 amide bonds. The molecule has 0 aliphatic heterocycles. The summed E-state index contributed by atoms with van der Waals surface area (Å²) < 4.78 is 11.3. The first-order chi connectivity index (χ1) is 11.8. The molecule has 0 fully saturated rings. The normalized spacial score (nSPS) is 12.4. The van der Waals surface area contributed by atoms with E-state index in [9.17, 15) is 0 Å². The van der Waals surface area contributed by atoms with Crippen molar-refractivity contribution in [3.63, 3.8) is 0 Å². The summed E-state index contributed by atoms with van der Waals surface area (Å²) in [5, 5.41) is 0. The summed E-state index contributed by atoms with van der Waals surface area (Å²) in [5.74, 6) is 1.21. The maximum atomic E-state index is 7.13. The molecule has 1 nitrogen and oxygen atoms in total. The molecule has 25 heavy (non-hydrogen) atoms. The van der Waals surface area contributed by atoms with Gasteiger partial charge in [0, 0.05) is 0 Å². The van der Waals surface area contributed by atoms with E-state index in [1.807, 2.05) is 0 Å². The Morgan fingerprint density at radius 1 is 0.840 bits per heavy atom. The van der Waals surface area contributed by atoms with Gasteiger partial charge in [-0.1, -0.05) is 0 Å². The summed E-state index contributed by atoms with van der Waals surface area (Å²) in [5.41, 5.74) is 2.88. The zero-order chi connectivity index (χ0) is 18.9. The summed E-state index contributed by atoms with van der Waals surface area (Å²) in [4.78, 5) is 0. The molecule has 0 N–H and O–H groups in total. The molecule has 1 aromatic rings. The van der Waals surface area contributed by atoms with Crippen LogP contribution >= 0.6 is 0 Å². The second-order valence-corrected chi connectivity index (χ2v) is 20.5. The number of hydrogen-bond acceptors (Lipinski definition) is 1. The van der Waals surface area contributed by atoms with Gasteiger partial charge in [0.2, 0.25) is 0 Å². The average Bonchev–Trinajstić information content (AvgIpc) is 2.56. The molecule has 0 saturated carbocycles. The first-order valence-corrected chi connectivity index (χ1v) is 17.8. The zero-order valence-electron chi connectivity index (χ0n) is 18.0. The fourth-order valence-electron chi connectivity index (χ4n) is 3.58. The number of rotatable bonds is 11. The number of unbranched alkanes of at least 4 members (excludes halogenated alkanes) is 3. The first-order valence-electron chi connectivity index (χ1n) is 10.6. The van der Waals surface area contributed by atoms with E-state index in [0.717, 1.165) is 0 Å². The van der Waals surface area contributed by atoms with Gasteiger partial charge in [0.25, 0.3) is 0 Å². The summed E-state index contributed by atoms with van der Waals surface area (Å²) >= 11 is -2.62. The van der Waals surface area contributed by atoms with Gasteiger partial charge in [0.05, 0.1) is 0 Å². The molecule has 1 aromatic carbocycles. The van der Waals surface area contributed by atoms with E-state index in [4.69, 9.17) is 3.07 Å². The molecule has 144 valence electrons. The van der Waals surface area contributed by atoms with Crippen LogP contribution in [-0.4, -0.2) is 18.8 Å². The molecule has 1 rings (SSSR count). The Kier molecular flexibility index (Phi) is 9.92. The van der Waals surface area contributed by atoms with Crippen LogP contribution in [0.4, 0.5) is 0 Å². The molecule has 0 aromatic heterocycles. The second kappa shape index (κ2) is 10.8. The van der Waals surface area contributed by atoms with Crippen LogP contribution in [-0.2, 0) is 5.41 Å². The standard InChI is InChI=1S/C11H16O.3C4H9.Sn/c1-8-5-6-10(12)9(7-8)11(2,3)4;3*1-3-4-2;/h5-7,12H,1-4H3;3*1,3-4H2,2H3;/q;;;;+1/p-1. The first kappa shape index (κ1) is 22.9. The fraction of sp³-hybridized carbons (Fsp3) is 0.739. The van der Waals surface area contributed by atoms with Gasteiger partial charge in [-0.15, -0.1) is 0 Å². The van der Waals surface area contributed by atoms with Crippen LogP contribution < -0.4 is 3.07 Å². The van der Waals surface area contributed by atoms with Crippen molar-refractivity contribution in [2.75, 3.05) is 0 Å². The predicted octanol–water partition coefficient (Wildman–Crippen LogP) is 8.02. The molecule has 0 atom stereocenters. The Labute approximate surface area is 162 Å². The van der Waals surface area contributed by atoms with Gasteiger partial charge in [-0.25, -0.2) is 0 Å². The van der Waals surface area contributed by atoms with Crippen LogP contribution in [0.25, 0.3) is 0 Å². The van der Waals surface area contributed by atoms with Crippen molar-refractivity contribution in [2.24, 2.45) is 0 Å². The van der Waals surface area contributed by atoms with Gasteiger partial charge in [-0.2, -0.15) is 0 Å². The monoisotopic (exact) mass is 454 g/mol. The maximum absolute atomic E-state index is 7.13. The number of hydrogen-bond donors (Lipinski definition) is 0. The van der Waals surface area contributed by atoms with Gasteiger partial charge in [0.15, 0.2) is 0 Å². The third kappa shape index (κ3) is 7.52. The topological polar surface area (TPSA) is 9.23 Å². The van der Waals surface area contributed by atoms with E-state index >= 15 is 0 Å². The van der Waals surface area contributed by atoms with Crippen molar-refractivity contribution < 1.29 is 3.07 Å². The van der Waals surface area contributed by atoms with Crippen molar-refractivity contribution >= 4 is 18.8 Å². The predicted molar refractivity (Wildman–Crippen MR) is 115 cm³/mol. The molecule has 0 saturated heterocycles. The Morgan fingerprint density at radius 2 is 1.32 bits per heavy atom. The molecule has 2 heteroatoms. The Morgan fingerprint density at radius 3 is 1.72 bits per heavy atom. The number of benzene rings is 1. The Hall–Kier alpha value is -0.181. The molecular weight excluding hydrogens is 411 g/mol. The van der Waals surface area contributed by atoms with Crippen LogP contribution in [0.15, 0.2) is 18.2 Å².